The minimum absolute atomic E-state index is 0.0694. The molecular weight excluding hydrogens is 248 g/mol. The zero-order valence-electron chi connectivity index (χ0n) is 10.6. The summed E-state index contributed by atoms with van der Waals surface area (Å²) in [6.07, 6.45) is 5.83. The van der Waals surface area contributed by atoms with Gasteiger partial charge in [-0.05, 0) is 31.7 Å². The van der Waals surface area contributed by atoms with Gasteiger partial charge in [0.2, 0.25) is 0 Å². The quantitative estimate of drug-likeness (QED) is 0.773. The molecule has 1 aliphatic carbocycles. The van der Waals surface area contributed by atoms with Crippen LogP contribution < -0.4 is 10.6 Å². The number of carbonyl (C=O) groups is 2. The predicted octanol–water partition coefficient (Wildman–Crippen LogP) is 1.72. The van der Waals surface area contributed by atoms with Crippen LogP contribution in [0.5, 0.6) is 0 Å². The molecule has 0 atom stereocenters. The lowest BCUT2D eigenvalue weighted by molar-refractivity contribution is -0.142. The predicted molar refractivity (Wildman–Crippen MR) is 67.5 cm³/mol. The molecule has 2 amide bonds. The standard InChI is InChI=1S/C13H18N2O4/c16-12(17)10-1-3-11(4-2-10)15-13(18)14-7-9-5-6-19-8-9/h5-6,8,10-11H,1-4,7H2,(H,16,17)(H2,14,15,18). The topological polar surface area (TPSA) is 91.6 Å². The summed E-state index contributed by atoms with van der Waals surface area (Å²) in [5.74, 6) is -0.991. The number of carboxylic acids is 1. The molecule has 1 aromatic rings. The van der Waals surface area contributed by atoms with Gasteiger partial charge in [0.25, 0.3) is 0 Å². The van der Waals surface area contributed by atoms with Crippen LogP contribution in [0, 0.1) is 5.92 Å². The van der Waals surface area contributed by atoms with Crippen molar-refractivity contribution in [1.29, 1.82) is 0 Å². The molecule has 1 aromatic heterocycles. The molecule has 19 heavy (non-hydrogen) atoms. The van der Waals surface area contributed by atoms with Gasteiger partial charge in [0, 0.05) is 18.2 Å². The zero-order chi connectivity index (χ0) is 13.7. The van der Waals surface area contributed by atoms with Crippen LogP contribution in [-0.2, 0) is 11.3 Å². The zero-order valence-corrected chi connectivity index (χ0v) is 10.6. The minimum Gasteiger partial charge on any atom is -0.481 e. The van der Waals surface area contributed by atoms with Crippen molar-refractivity contribution in [2.75, 3.05) is 0 Å². The van der Waals surface area contributed by atoms with Crippen LogP contribution in [0.25, 0.3) is 0 Å². The fourth-order valence-corrected chi connectivity index (χ4v) is 2.30. The lowest BCUT2D eigenvalue weighted by atomic mass is 9.86. The van der Waals surface area contributed by atoms with E-state index in [2.05, 4.69) is 10.6 Å². The summed E-state index contributed by atoms with van der Waals surface area (Å²) in [6, 6.07) is 1.64. The molecule has 0 saturated heterocycles. The Morgan fingerprint density at radius 3 is 2.63 bits per heavy atom. The molecule has 1 heterocycles. The van der Waals surface area contributed by atoms with Crippen molar-refractivity contribution in [1.82, 2.24) is 10.6 Å². The smallest absolute Gasteiger partial charge is 0.315 e. The van der Waals surface area contributed by atoms with Gasteiger partial charge < -0.3 is 20.2 Å². The highest BCUT2D eigenvalue weighted by Gasteiger charge is 2.26. The van der Waals surface area contributed by atoms with Crippen molar-refractivity contribution >= 4 is 12.0 Å². The molecule has 0 radical (unpaired) electrons. The normalized spacial score (nSPS) is 22.7. The molecule has 0 aromatic carbocycles. The molecule has 6 heteroatoms. The number of furan rings is 1. The maximum absolute atomic E-state index is 11.7. The maximum Gasteiger partial charge on any atom is 0.315 e. The second-order valence-electron chi connectivity index (χ2n) is 4.85. The molecule has 0 aliphatic heterocycles. The van der Waals surface area contributed by atoms with E-state index >= 15 is 0 Å². The van der Waals surface area contributed by atoms with Crippen LogP contribution in [0.15, 0.2) is 23.0 Å². The second-order valence-corrected chi connectivity index (χ2v) is 4.85. The first-order valence-electron chi connectivity index (χ1n) is 6.43. The third-order valence-corrected chi connectivity index (χ3v) is 3.44. The lowest BCUT2D eigenvalue weighted by Crippen LogP contribution is -2.43. The van der Waals surface area contributed by atoms with E-state index in [9.17, 15) is 9.59 Å². The van der Waals surface area contributed by atoms with E-state index in [4.69, 9.17) is 9.52 Å². The molecule has 104 valence electrons. The SMILES string of the molecule is O=C(NCc1ccoc1)NC1CCC(C(=O)O)CC1. The van der Waals surface area contributed by atoms with Crippen molar-refractivity contribution in [3.63, 3.8) is 0 Å². The fourth-order valence-electron chi connectivity index (χ4n) is 2.30. The van der Waals surface area contributed by atoms with Gasteiger partial charge in [-0.3, -0.25) is 4.79 Å². The molecule has 6 nitrogen and oxygen atoms in total. The number of amides is 2. The second kappa shape index (κ2) is 6.26. The first-order chi connectivity index (χ1) is 9.15. The van der Waals surface area contributed by atoms with Crippen LogP contribution in [0.3, 0.4) is 0 Å². The summed E-state index contributed by atoms with van der Waals surface area (Å²) in [5.41, 5.74) is 0.907. The van der Waals surface area contributed by atoms with Crippen molar-refractivity contribution in [2.45, 2.75) is 38.3 Å². The van der Waals surface area contributed by atoms with Gasteiger partial charge in [0.05, 0.1) is 18.4 Å². The summed E-state index contributed by atoms with van der Waals surface area (Å²) in [7, 11) is 0. The number of rotatable bonds is 4. The lowest BCUT2D eigenvalue weighted by Gasteiger charge is -2.26. The number of hydrogen-bond acceptors (Lipinski definition) is 3. The van der Waals surface area contributed by atoms with E-state index in [-0.39, 0.29) is 18.0 Å². The Hall–Kier alpha value is -1.98. The Bertz CT molecular complexity index is 422. The minimum atomic E-state index is -0.733. The van der Waals surface area contributed by atoms with Crippen LogP contribution >= 0.6 is 0 Å². The van der Waals surface area contributed by atoms with Crippen LogP contribution in [0.2, 0.25) is 0 Å². The highest BCUT2D eigenvalue weighted by atomic mass is 16.4. The van der Waals surface area contributed by atoms with Gasteiger partial charge in [0.1, 0.15) is 0 Å². The number of carbonyl (C=O) groups excluding carboxylic acids is 1. The van der Waals surface area contributed by atoms with Gasteiger partial charge in [-0.2, -0.15) is 0 Å². The first kappa shape index (κ1) is 13.5. The molecule has 1 aliphatic rings. The Morgan fingerprint density at radius 1 is 1.32 bits per heavy atom. The fraction of sp³-hybridized carbons (Fsp3) is 0.538. The molecule has 1 fully saturated rings. The number of hydrogen-bond donors (Lipinski definition) is 3. The van der Waals surface area contributed by atoms with Gasteiger partial charge >= 0.3 is 12.0 Å². The summed E-state index contributed by atoms with van der Waals surface area (Å²) < 4.78 is 4.90. The summed E-state index contributed by atoms with van der Waals surface area (Å²) in [6.45, 7) is 0.423. The summed E-state index contributed by atoms with van der Waals surface area (Å²) in [5, 5.41) is 14.5. The Kier molecular flexibility index (Phi) is 4.43. The Morgan fingerprint density at radius 2 is 2.05 bits per heavy atom. The third kappa shape index (κ3) is 4.01. The highest BCUT2D eigenvalue weighted by molar-refractivity contribution is 5.74. The van der Waals surface area contributed by atoms with Gasteiger partial charge in [0.15, 0.2) is 0 Å². The maximum atomic E-state index is 11.7. The molecule has 3 N–H and O–H groups in total. The summed E-state index contributed by atoms with van der Waals surface area (Å²) in [4.78, 5) is 22.5. The molecule has 1 saturated carbocycles. The van der Waals surface area contributed by atoms with Crippen molar-refractivity contribution in [3.8, 4) is 0 Å². The Labute approximate surface area is 111 Å². The molecule has 0 bridgehead atoms. The Balaban J connectivity index is 1.67. The van der Waals surface area contributed by atoms with E-state index in [1.54, 1.807) is 18.6 Å². The van der Waals surface area contributed by atoms with E-state index in [0.29, 0.717) is 19.4 Å². The van der Waals surface area contributed by atoms with Crippen molar-refractivity contribution in [2.24, 2.45) is 5.92 Å². The van der Waals surface area contributed by atoms with Crippen molar-refractivity contribution < 1.29 is 19.1 Å². The van der Waals surface area contributed by atoms with Gasteiger partial charge in [-0.25, -0.2) is 4.79 Å². The van der Waals surface area contributed by atoms with Gasteiger partial charge in [-0.1, -0.05) is 0 Å². The number of aliphatic carboxylic acids is 1. The van der Waals surface area contributed by atoms with Crippen LogP contribution in [0.1, 0.15) is 31.2 Å². The van der Waals surface area contributed by atoms with E-state index in [1.165, 1.54) is 0 Å². The molecular formula is C13H18N2O4. The third-order valence-electron chi connectivity index (χ3n) is 3.44. The number of nitrogens with one attached hydrogen (secondary N) is 2. The van der Waals surface area contributed by atoms with Gasteiger partial charge in [-0.15, -0.1) is 0 Å². The monoisotopic (exact) mass is 266 g/mol. The van der Waals surface area contributed by atoms with Crippen LogP contribution in [-0.4, -0.2) is 23.1 Å². The number of urea groups is 1. The molecule has 0 unspecified atom stereocenters. The van der Waals surface area contributed by atoms with E-state index < -0.39 is 5.97 Å². The average molecular weight is 266 g/mol. The average Bonchev–Trinajstić information content (AvgIpc) is 2.90. The van der Waals surface area contributed by atoms with Crippen LogP contribution in [0.4, 0.5) is 4.79 Å². The molecule has 2 rings (SSSR count). The summed E-state index contributed by atoms with van der Waals surface area (Å²) >= 11 is 0. The number of carboxylic acid groups (broad SMARTS) is 1. The largest absolute Gasteiger partial charge is 0.481 e. The van der Waals surface area contributed by atoms with E-state index in [0.717, 1.165) is 18.4 Å². The van der Waals surface area contributed by atoms with E-state index in [1.807, 2.05) is 0 Å². The first-order valence-corrected chi connectivity index (χ1v) is 6.43. The molecule has 0 spiro atoms. The van der Waals surface area contributed by atoms with Crippen molar-refractivity contribution in [3.05, 3.63) is 24.2 Å². The highest BCUT2D eigenvalue weighted by Crippen LogP contribution is 2.24.